The van der Waals surface area contributed by atoms with Gasteiger partial charge in [0, 0.05) is 18.6 Å². The van der Waals surface area contributed by atoms with Crippen molar-refractivity contribution in [1.82, 2.24) is 10.2 Å². The fourth-order valence-electron chi connectivity index (χ4n) is 3.32. The van der Waals surface area contributed by atoms with Gasteiger partial charge in [-0.05, 0) is 30.2 Å². The molecule has 174 valence electrons. The zero-order chi connectivity index (χ0) is 23.9. The Morgan fingerprint density at radius 3 is 2.34 bits per heavy atom. The number of amides is 2. The molecule has 0 aromatic heterocycles. The number of anilines is 1. The molecule has 0 bridgehead atoms. The highest BCUT2D eigenvalue weighted by Gasteiger charge is 2.32. The number of nitrogens with one attached hydrogen (secondary N) is 1. The van der Waals surface area contributed by atoms with E-state index in [4.69, 9.17) is 16.3 Å². The molecule has 0 unspecified atom stereocenters. The predicted molar refractivity (Wildman–Crippen MR) is 125 cm³/mol. The van der Waals surface area contributed by atoms with E-state index in [9.17, 15) is 18.0 Å². The number of halogens is 1. The second kappa shape index (κ2) is 11.2. The number of carbonyl (C=O) groups is 2. The van der Waals surface area contributed by atoms with Gasteiger partial charge in [0.05, 0.1) is 19.1 Å². The monoisotopic (exact) mass is 481 g/mol. The molecule has 0 radical (unpaired) electrons. The highest BCUT2D eigenvalue weighted by atomic mass is 35.5. The highest BCUT2D eigenvalue weighted by Crippen LogP contribution is 2.33. The molecular weight excluding hydrogens is 454 g/mol. The Morgan fingerprint density at radius 1 is 1.16 bits per heavy atom. The van der Waals surface area contributed by atoms with Gasteiger partial charge in [-0.3, -0.25) is 13.9 Å². The Labute approximate surface area is 194 Å². The highest BCUT2D eigenvalue weighted by molar-refractivity contribution is 7.92. The predicted octanol–water partition coefficient (Wildman–Crippen LogP) is 2.67. The first kappa shape index (κ1) is 25.5. The van der Waals surface area contributed by atoms with Gasteiger partial charge in [-0.25, -0.2) is 8.42 Å². The van der Waals surface area contributed by atoms with Crippen molar-refractivity contribution in [3.63, 3.8) is 0 Å². The summed E-state index contributed by atoms with van der Waals surface area (Å²) in [5.74, 6) is -0.611. The zero-order valence-corrected chi connectivity index (χ0v) is 20.1. The van der Waals surface area contributed by atoms with Gasteiger partial charge in [-0.1, -0.05) is 48.9 Å². The minimum atomic E-state index is -3.88. The molecule has 1 atom stereocenters. The zero-order valence-electron chi connectivity index (χ0n) is 18.5. The molecule has 0 aliphatic rings. The number of sulfonamides is 1. The van der Waals surface area contributed by atoms with E-state index in [1.807, 2.05) is 30.3 Å². The summed E-state index contributed by atoms with van der Waals surface area (Å²) in [5, 5.41) is 2.87. The molecule has 2 aromatic carbocycles. The number of hydrogen-bond donors (Lipinski definition) is 1. The summed E-state index contributed by atoms with van der Waals surface area (Å²) < 4.78 is 31.5. The molecule has 0 heterocycles. The summed E-state index contributed by atoms with van der Waals surface area (Å²) in [4.78, 5) is 27.3. The van der Waals surface area contributed by atoms with Crippen molar-refractivity contribution in [2.24, 2.45) is 0 Å². The summed E-state index contributed by atoms with van der Waals surface area (Å²) >= 11 is 6.08. The molecule has 2 rings (SSSR count). The summed E-state index contributed by atoms with van der Waals surface area (Å²) in [6.45, 7) is 1.42. The van der Waals surface area contributed by atoms with Crippen molar-refractivity contribution in [3.8, 4) is 5.75 Å². The number of ether oxygens (including phenoxy) is 1. The van der Waals surface area contributed by atoms with Crippen LogP contribution < -0.4 is 14.4 Å². The molecule has 0 saturated heterocycles. The molecule has 10 heteroatoms. The third-order valence-electron chi connectivity index (χ3n) is 4.92. The standard InChI is InChI=1S/C22H28ClN3O5S/c1-5-18(22(28)24-2)25(14-16-9-7-6-8-10-16)21(27)15-26(32(4,29)30)19-13-17(23)11-12-20(19)31-3/h6-13,18H,5,14-15H2,1-4H3,(H,24,28)/t18-/m1/s1. The maximum Gasteiger partial charge on any atom is 0.244 e. The van der Waals surface area contributed by atoms with Gasteiger partial charge >= 0.3 is 0 Å². The van der Waals surface area contributed by atoms with E-state index < -0.39 is 28.5 Å². The smallest absolute Gasteiger partial charge is 0.244 e. The van der Waals surface area contributed by atoms with Gasteiger partial charge in [-0.2, -0.15) is 0 Å². The summed E-state index contributed by atoms with van der Waals surface area (Å²) in [6, 6.07) is 12.9. The lowest BCUT2D eigenvalue weighted by Crippen LogP contribution is -2.51. The van der Waals surface area contributed by atoms with Crippen LogP contribution in [0, 0.1) is 0 Å². The van der Waals surface area contributed by atoms with Crippen LogP contribution in [-0.4, -0.2) is 58.1 Å². The first-order chi connectivity index (χ1) is 15.1. The number of methoxy groups -OCH3 is 1. The second-order valence-electron chi connectivity index (χ2n) is 7.13. The fraction of sp³-hybridized carbons (Fsp3) is 0.364. The molecule has 0 saturated carbocycles. The summed E-state index contributed by atoms with van der Waals surface area (Å²) in [7, 11) is -0.986. The van der Waals surface area contributed by atoms with E-state index in [2.05, 4.69) is 5.32 Å². The summed E-state index contributed by atoms with van der Waals surface area (Å²) in [5.41, 5.74) is 0.956. The third-order valence-corrected chi connectivity index (χ3v) is 6.28. The van der Waals surface area contributed by atoms with E-state index in [0.717, 1.165) is 16.1 Å². The topological polar surface area (TPSA) is 96.0 Å². The lowest BCUT2D eigenvalue weighted by atomic mass is 10.1. The van der Waals surface area contributed by atoms with Crippen LogP contribution in [-0.2, 0) is 26.2 Å². The molecule has 0 aliphatic heterocycles. The Morgan fingerprint density at radius 2 is 1.81 bits per heavy atom. The van der Waals surface area contributed by atoms with Gasteiger partial charge < -0.3 is 15.0 Å². The number of likely N-dealkylation sites (N-methyl/N-ethyl adjacent to an activating group) is 1. The minimum absolute atomic E-state index is 0.142. The van der Waals surface area contributed by atoms with E-state index in [1.165, 1.54) is 31.2 Å². The Balaban J connectivity index is 2.48. The van der Waals surface area contributed by atoms with Gasteiger partial charge in [0.15, 0.2) is 0 Å². The van der Waals surface area contributed by atoms with E-state index in [-0.39, 0.29) is 23.9 Å². The van der Waals surface area contributed by atoms with Crippen LogP contribution in [0.3, 0.4) is 0 Å². The molecule has 0 fully saturated rings. The molecule has 0 spiro atoms. The maximum absolute atomic E-state index is 13.4. The number of carbonyl (C=O) groups excluding carboxylic acids is 2. The van der Waals surface area contributed by atoms with Gasteiger partial charge in [0.2, 0.25) is 21.8 Å². The first-order valence-corrected chi connectivity index (χ1v) is 12.2. The SMILES string of the molecule is CC[C@H](C(=O)NC)N(Cc1ccccc1)C(=O)CN(c1cc(Cl)ccc1OC)S(C)(=O)=O. The Kier molecular flexibility index (Phi) is 8.91. The molecule has 8 nitrogen and oxygen atoms in total. The quantitative estimate of drug-likeness (QED) is 0.562. The molecular formula is C22H28ClN3O5S. The van der Waals surface area contributed by atoms with Crippen LogP contribution in [0.25, 0.3) is 0 Å². The van der Waals surface area contributed by atoms with Crippen molar-refractivity contribution in [1.29, 1.82) is 0 Å². The minimum Gasteiger partial charge on any atom is -0.495 e. The number of nitrogens with zero attached hydrogens (tertiary/aromatic N) is 2. The summed E-state index contributed by atoms with van der Waals surface area (Å²) in [6.07, 6.45) is 1.36. The Hall–Kier alpha value is -2.78. The van der Waals surface area contributed by atoms with Crippen molar-refractivity contribution in [2.75, 3.05) is 31.3 Å². The second-order valence-corrected chi connectivity index (χ2v) is 9.47. The van der Waals surface area contributed by atoms with Crippen LogP contribution >= 0.6 is 11.6 Å². The van der Waals surface area contributed by atoms with E-state index in [1.54, 1.807) is 13.0 Å². The van der Waals surface area contributed by atoms with E-state index in [0.29, 0.717) is 11.4 Å². The lowest BCUT2D eigenvalue weighted by molar-refractivity contribution is -0.140. The van der Waals surface area contributed by atoms with Gasteiger partial charge in [0.25, 0.3) is 0 Å². The average Bonchev–Trinajstić information content (AvgIpc) is 2.76. The largest absolute Gasteiger partial charge is 0.495 e. The molecule has 0 aliphatic carbocycles. The number of rotatable bonds is 10. The number of benzene rings is 2. The van der Waals surface area contributed by atoms with Crippen molar-refractivity contribution < 1.29 is 22.7 Å². The van der Waals surface area contributed by atoms with E-state index >= 15 is 0 Å². The van der Waals surface area contributed by atoms with Crippen molar-refractivity contribution in [3.05, 3.63) is 59.1 Å². The molecule has 2 aromatic rings. The van der Waals surface area contributed by atoms with Gasteiger partial charge in [0.1, 0.15) is 18.3 Å². The fourth-order valence-corrected chi connectivity index (χ4v) is 4.33. The van der Waals surface area contributed by atoms with Gasteiger partial charge in [-0.15, -0.1) is 0 Å². The normalized spacial score (nSPS) is 12.0. The van der Waals surface area contributed by atoms with Crippen LogP contribution in [0.2, 0.25) is 5.02 Å². The molecule has 32 heavy (non-hydrogen) atoms. The molecule has 2 amide bonds. The third kappa shape index (κ3) is 6.37. The van der Waals surface area contributed by atoms with Crippen molar-refractivity contribution >= 4 is 39.1 Å². The van der Waals surface area contributed by atoms with Crippen LogP contribution in [0.4, 0.5) is 5.69 Å². The van der Waals surface area contributed by atoms with Crippen LogP contribution in [0.5, 0.6) is 5.75 Å². The maximum atomic E-state index is 13.4. The van der Waals surface area contributed by atoms with Crippen LogP contribution in [0.15, 0.2) is 48.5 Å². The van der Waals surface area contributed by atoms with Crippen LogP contribution in [0.1, 0.15) is 18.9 Å². The average molecular weight is 482 g/mol. The Bertz CT molecular complexity index is 1050. The van der Waals surface area contributed by atoms with Crippen molar-refractivity contribution in [2.45, 2.75) is 25.9 Å². The molecule has 1 N–H and O–H groups in total. The first-order valence-electron chi connectivity index (χ1n) is 9.98. The lowest BCUT2D eigenvalue weighted by Gasteiger charge is -2.32. The number of hydrogen-bond acceptors (Lipinski definition) is 5.